The molecule has 1 aromatic carbocycles. The van der Waals surface area contributed by atoms with Crippen molar-refractivity contribution in [2.24, 2.45) is 5.92 Å². The van der Waals surface area contributed by atoms with Crippen LogP contribution in [0.1, 0.15) is 19.8 Å². The van der Waals surface area contributed by atoms with Crippen LogP contribution in [0.15, 0.2) is 18.2 Å². The molecule has 1 aliphatic rings. The molecule has 7 heteroatoms. The zero-order chi connectivity index (χ0) is 16.8. The molecule has 0 radical (unpaired) electrons. The van der Waals surface area contributed by atoms with E-state index in [4.69, 9.17) is 23.2 Å². The molecule has 1 fully saturated rings. The van der Waals surface area contributed by atoms with Crippen molar-refractivity contribution in [3.05, 3.63) is 28.2 Å². The fourth-order valence-electron chi connectivity index (χ4n) is 2.64. The summed E-state index contributed by atoms with van der Waals surface area (Å²) in [4.78, 5) is 26.3. The Morgan fingerprint density at radius 3 is 2.43 bits per heavy atom. The number of rotatable bonds is 5. The van der Waals surface area contributed by atoms with Gasteiger partial charge in [0, 0.05) is 12.5 Å². The summed E-state index contributed by atoms with van der Waals surface area (Å²) in [7, 11) is 0. The van der Waals surface area contributed by atoms with Gasteiger partial charge in [-0.2, -0.15) is 0 Å². The maximum Gasteiger partial charge on any atom is 0.244 e. The van der Waals surface area contributed by atoms with E-state index in [2.05, 4.69) is 10.6 Å². The number of para-hydroxylation sites is 1. The zero-order valence-corrected chi connectivity index (χ0v) is 14.6. The molecule has 0 bridgehead atoms. The van der Waals surface area contributed by atoms with Crippen LogP contribution < -0.4 is 10.6 Å². The molecular formula is C16H21Cl2N3O2. The molecule has 0 atom stereocenters. The van der Waals surface area contributed by atoms with Gasteiger partial charge in [0.25, 0.3) is 0 Å². The summed E-state index contributed by atoms with van der Waals surface area (Å²) in [5, 5.41) is 6.67. The number of halogens is 2. The maximum absolute atomic E-state index is 12.5. The number of amides is 2. The minimum Gasteiger partial charge on any atom is -0.333 e. The van der Waals surface area contributed by atoms with Gasteiger partial charge < -0.3 is 15.5 Å². The molecule has 2 rings (SSSR count). The Bertz CT molecular complexity index is 554. The number of nitrogens with one attached hydrogen (secondary N) is 2. The van der Waals surface area contributed by atoms with Crippen molar-refractivity contribution < 1.29 is 9.59 Å². The maximum atomic E-state index is 12.5. The van der Waals surface area contributed by atoms with Gasteiger partial charge >= 0.3 is 0 Å². The number of anilines is 1. The Balaban J connectivity index is 1.98. The first kappa shape index (κ1) is 18.0. The molecule has 0 saturated carbocycles. The predicted octanol–water partition coefficient (Wildman–Crippen LogP) is 2.78. The van der Waals surface area contributed by atoms with Crippen molar-refractivity contribution in [1.29, 1.82) is 0 Å². The molecule has 2 amide bonds. The van der Waals surface area contributed by atoms with Crippen LogP contribution in [0, 0.1) is 5.92 Å². The van der Waals surface area contributed by atoms with Crippen LogP contribution in [0.4, 0.5) is 5.69 Å². The monoisotopic (exact) mass is 357 g/mol. The quantitative estimate of drug-likeness (QED) is 0.851. The highest BCUT2D eigenvalue weighted by Gasteiger charge is 2.26. The normalized spacial score (nSPS) is 15.3. The Morgan fingerprint density at radius 1 is 1.26 bits per heavy atom. The number of hydrogen-bond acceptors (Lipinski definition) is 3. The number of carbonyl (C=O) groups excluding carboxylic acids is 2. The Labute approximate surface area is 146 Å². The van der Waals surface area contributed by atoms with Gasteiger partial charge in [-0.3, -0.25) is 9.59 Å². The van der Waals surface area contributed by atoms with E-state index in [1.165, 1.54) is 0 Å². The second-order valence-electron chi connectivity index (χ2n) is 5.52. The van der Waals surface area contributed by atoms with Crippen LogP contribution in [0.5, 0.6) is 0 Å². The van der Waals surface area contributed by atoms with Gasteiger partial charge in [0.15, 0.2) is 0 Å². The van der Waals surface area contributed by atoms with Crippen LogP contribution in [0.3, 0.4) is 0 Å². The number of nitrogens with zero attached hydrogens (tertiary/aromatic N) is 1. The van der Waals surface area contributed by atoms with Gasteiger partial charge in [-0.15, -0.1) is 0 Å². The lowest BCUT2D eigenvalue weighted by molar-refractivity contribution is -0.138. The van der Waals surface area contributed by atoms with Crippen molar-refractivity contribution in [1.82, 2.24) is 10.2 Å². The molecule has 0 aromatic heterocycles. The Hall–Kier alpha value is -1.30. The van der Waals surface area contributed by atoms with E-state index in [-0.39, 0.29) is 24.3 Å². The van der Waals surface area contributed by atoms with E-state index in [0.29, 0.717) is 22.3 Å². The second-order valence-corrected chi connectivity index (χ2v) is 6.34. The summed E-state index contributed by atoms with van der Waals surface area (Å²) in [6.45, 7) is 4.05. The first-order valence-corrected chi connectivity index (χ1v) is 8.52. The van der Waals surface area contributed by atoms with Gasteiger partial charge in [-0.1, -0.05) is 29.3 Å². The molecule has 126 valence electrons. The molecule has 1 saturated heterocycles. The van der Waals surface area contributed by atoms with Crippen LogP contribution >= 0.6 is 23.2 Å². The van der Waals surface area contributed by atoms with Crippen molar-refractivity contribution in [2.75, 3.05) is 31.5 Å². The third kappa shape index (κ3) is 4.83. The molecule has 5 nitrogen and oxygen atoms in total. The topological polar surface area (TPSA) is 61.4 Å². The summed E-state index contributed by atoms with van der Waals surface area (Å²) in [5.74, 6) is -0.272. The van der Waals surface area contributed by atoms with Gasteiger partial charge in [0.1, 0.15) is 0 Å². The number of likely N-dealkylation sites (N-methyl/N-ethyl adjacent to an activating group) is 1. The molecule has 0 spiro atoms. The van der Waals surface area contributed by atoms with Crippen LogP contribution in [0.2, 0.25) is 10.0 Å². The second kappa shape index (κ2) is 8.52. The highest BCUT2D eigenvalue weighted by molar-refractivity contribution is 6.39. The average Bonchev–Trinajstić information content (AvgIpc) is 2.56. The van der Waals surface area contributed by atoms with Crippen molar-refractivity contribution in [2.45, 2.75) is 19.8 Å². The SMILES string of the molecule is CCN(CC(=O)Nc1c(Cl)cccc1Cl)C(=O)C1CCNCC1. The van der Waals surface area contributed by atoms with E-state index >= 15 is 0 Å². The molecule has 1 heterocycles. The number of benzene rings is 1. The Kier molecular flexibility index (Phi) is 6.69. The third-order valence-corrected chi connectivity index (χ3v) is 4.57. The van der Waals surface area contributed by atoms with Gasteiger partial charge in [0.2, 0.25) is 11.8 Å². The highest BCUT2D eigenvalue weighted by atomic mass is 35.5. The number of hydrogen-bond donors (Lipinski definition) is 2. The fourth-order valence-corrected chi connectivity index (χ4v) is 3.13. The van der Waals surface area contributed by atoms with Crippen LogP contribution in [-0.4, -0.2) is 42.9 Å². The largest absolute Gasteiger partial charge is 0.333 e. The van der Waals surface area contributed by atoms with Crippen LogP contribution in [-0.2, 0) is 9.59 Å². The van der Waals surface area contributed by atoms with Crippen molar-refractivity contribution in [3.63, 3.8) is 0 Å². The highest BCUT2D eigenvalue weighted by Crippen LogP contribution is 2.29. The van der Waals surface area contributed by atoms with Gasteiger partial charge in [-0.05, 0) is 45.0 Å². The fraction of sp³-hybridized carbons (Fsp3) is 0.500. The summed E-state index contributed by atoms with van der Waals surface area (Å²) in [6.07, 6.45) is 1.63. The van der Waals surface area contributed by atoms with Crippen molar-refractivity contribution >= 4 is 40.7 Å². The third-order valence-electron chi connectivity index (χ3n) is 3.94. The average molecular weight is 358 g/mol. The molecule has 23 heavy (non-hydrogen) atoms. The van der Waals surface area contributed by atoms with E-state index in [1.54, 1.807) is 23.1 Å². The molecule has 1 aromatic rings. The molecular weight excluding hydrogens is 337 g/mol. The number of carbonyl (C=O) groups is 2. The summed E-state index contributed by atoms with van der Waals surface area (Å²) in [6, 6.07) is 5.01. The molecule has 2 N–H and O–H groups in total. The molecule has 0 unspecified atom stereocenters. The molecule has 0 aliphatic carbocycles. The summed E-state index contributed by atoms with van der Waals surface area (Å²) in [5.41, 5.74) is 0.381. The first-order chi connectivity index (χ1) is 11.0. The minimum absolute atomic E-state index is 0.000808. The lowest BCUT2D eigenvalue weighted by Crippen LogP contribution is -2.44. The smallest absolute Gasteiger partial charge is 0.244 e. The van der Waals surface area contributed by atoms with E-state index in [0.717, 1.165) is 25.9 Å². The lowest BCUT2D eigenvalue weighted by Gasteiger charge is -2.28. The first-order valence-electron chi connectivity index (χ1n) is 7.76. The minimum atomic E-state index is -0.302. The van der Waals surface area contributed by atoms with Crippen LogP contribution in [0.25, 0.3) is 0 Å². The Morgan fingerprint density at radius 2 is 1.87 bits per heavy atom. The van der Waals surface area contributed by atoms with Gasteiger partial charge in [0.05, 0.1) is 22.3 Å². The molecule has 1 aliphatic heterocycles. The number of piperidine rings is 1. The summed E-state index contributed by atoms with van der Waals surface area (Å²) >= 11 is 12.1. The van der Waals surface area contributed by atoms with Gasteiger partial charge in [-0.25, -0.2) is 0 Å². The van der Waals surface area contributed by atoms with E-state index in [1.807, 2.05) is 6.92 Å². The van der Waals surface area contributed by atoms with E-state index in [9.17, 15) is 9.59 Å². The zero-order valence-electron chi connectivity index (χ0n) is 13.1. The summed E-state index contributed by atoms with van der Waals surface area (Å²) < 4.78 is 0. The standard InChI is InChI=1S/C16H21Cl2N3O2/c1-2-21(16(23)11-6-8-19-9-7-11)10-14(22)20-15-12(17)4-3-5-13(15)18/h3-5,11,19H,2,6-10H2,1H3,(H,20,22). The van der Waals surface area contributed by atoms with Crippen molar-refractivity contribution in [3.8, 4) is 0 Å². The predicted molar refractivity (Wildman–Crippen MR) is 92.9 cm³/mol. The van der Waals surface area contributed by atoms with E-state index < -0.39 is 0 Å². The lowest BCUT2D eigenvalue weighted by atomic mass is 9.96.